The standard InChI is InChI=1S/C11H17NO4/c1-11(2,3)16-10(15)12-6-4-5-8(7-12)9(13)14/h4-5,8H,6-7H2,1-3H3,(H,13,14). The first kappa shape index (κ1) is 12.5. The molecular formula is C11H17NO4. The fourth-order valence-electron chi connectivity index (χ4n) is 1.36. The first-order valence-corrected chi connectivity index (χ1v) is 5.17. The van der Waals surface area contributed by atoms with Gasteiger partial charge in [-0.1, -0.05) is 12.2 Å². The number of hydrogen-bond donors (Lipinski definition) is 1. The molecule has 0 aliphatic carbocycles. The number of carbonyl (C=O) groups is 2. The first-order valence-electron chi connectivity index (χ1n) is 5.17. The van der Waals surface area contributed by atoms with Crippen LogP contribution < -0.4 is 0 Å². The third-order valence-corrected chi connectivity index (χ3v) is 2.08. The second kappa shape index (κ2) is 4.55. The van der Waals surface area contributed by atoms with Crippen LogP contribution in [0.1, 0.15) is 20.8 Å². The van der Waals surface area contributed by atoms with Crippen molar-refractivity contribution in [3.63, 3.8) is 0 Å². The quantitative estimate of drug-likeness (QED) is 0.689. The molecule has 0 bridgehead atoms. The van der Waals surface area contributed by atoms with E-state index < -0.39 is 23.6 Å². The van der Waals surface area contributed by atoms with Gasteiger partial charge in [-0.25, -0.2) is 4.79 Å². The van der Waals surface area contributed by atoms with Gasteiger partial charge in [-0.3, -0.25) is 4.79 Å². The predicted octanol–water partition coefficient (Wildman–Crippen LogP) is 1.49. The van der Waals surface area contributed by atoms with Crippen molar-refractivity contribution in [3.8, 4) is 0 Å². The molecule has 1 aliphatic heterocycles. The van der Waals surface area contributed by atoms with Crippen LogP contribution in [0.3, 0.4) is 0 Å². The predicted molar refractivity (Wildman–Crippen MR) is 58.1 cm³/mol. The van der Waals surface area contributed by atoms with E-state index in [1.165, 1.54) is 4.90 Å². The minimum Gasteiger partial charge on any atom is -0.481 e. The molecule has 0 fully saturated rings. The van der Waals surface area contributed by atoms with Crippen LogP contribution in [-0.2, 0) is 9.53 Å². The Morgan fingerprint density at radius 1 is 1.44 bits per heavy atom. The molecule has 1 atom stereocenters. The molecule has 1 rings (SSSR count). The number of ether oxygens (including phenoxy) is 1. The maximum absolute atomic E-state index is 11.7. The normalized spacial score (nSPS) is 20.7. The van der Waals surface area contributed by atoms with Gasteiger partial charge in [0.2, 0.25) is 0 Å². The Bertz CT molecular complexity index is 316. The molecule has 1 amide bonds. The van der Waals surface area contributed by atoms with Crippen LogP contribution in [0.4, 0.5) is 4.79 Å². The Balaban J connectivity index is 2.60. The van der Waals surface area contributed by atoms with E-state index >= 15 is 0 Å². The molecule has 0 radical (unpaired) electrons. The summed E-state index contributed by atoms with van der Waals surface area (Å²) in [6, 6.07) is 0. The molecule has 5 heteroatoms. The van der Waals surface area contributed by atoms with Crippen molar-refractivity contribution in [2.24, 2.45) is 5.92 Å². The van der Waals surface area contributed by atoms with Crippen molar-refractivity contribution in [3.05, 3.63) is 12.2 Å². The number of nitrogens with zero attached hydrogens (tertiary/aromatic N) is 1. The van der Waals surface area contributed by atoms with Crippen LogP contribution in [0, 0.1) is 5.92 Å². The van der Waals surface area contributed by atoms with E-state index in [0.29, 0.717) is 6.54 Å². The summed E-state index contributed by atoms with van der Waals surface area (Å²) in [5, 5.41) is 8.84. The zero-order valence-electron chi connectivity index (χ0n) is 9.77. The minimum absolute atomic E-state index is 0.167. The fraction of sp³-hybridized carbons (Fsp3) is 0.636. The first-order chi connectivity index (χ1) is 7.29. The van der Waals surface area contributed by atoms with Crippen LogP contribution in [-0.4, -0.2) is 40.8 Å². The van der Waals surface area contributed by atoms with Gasteiger partial charge in [0.1, 0.15) is 5.60 Å². The molecule has 0 saturated heterocycles. The molecule has 0 aromatic rings. The lowest BCUT2D eigenvalue weighted by atomic mass is 10.1. The Morgan fingerprint density at radius 2 is 2.06 bits per heavy atom. The number of carboxylic acids is 1. The SMILES string of the molecule is CC(C)(C)OC(=O)N1CC=CC(C(=O)O)C1. The molecule has 0 saturated carbocycles. The Hall–Kier alpha value is -1.52. The topological polar surface area (TPSA) is 66.8 Å². The fourth-order valence-corrected chi connectivity index (χ4v) is 1.36. The van der Waals surface area contributed by atoms with Crippen molar-refractivity contribution >= 4 is 12.1 Å². The van der Waals surface area contributed by atoms with Crippen LogP contribution in [0.2, 0.25) is 0 Å². The maximum atomic E-state index is 11.7. The molecule has 90 valence electrons. The van der Waals surface area contributed by atoms with Gasteiger partial charge < -0.3 is 14.7 Å². The average Bonchev–Trinajstić information content (AvgIpc) is 2.15. The van der Waals surface area contributed by atoms with Crippen LogP contribution in [0.15, 0.2) is 12.2 Å². The molecule has 1 N–H and O–H groups in total. The van der Waals surface area contributed by atoms with Crippen molar-refractivity contribution in [1.82, 2.24) is 4.90 Å². The third-order valence-electron chi connectivity index (χ3n) is 2.08. The van der Waals surface area contributed by atoms with Crippen molar-refractivity contribution in [2.45, 2.75) is 26.4 Å². The zero-order chi connectivity index (χ0) is 12.3. The van der Waals surface area contributed by atoms with E-state index in [0.717, 1.165) is 0 Å². The Kier molecular flexibility index (Phi) is 3.57. The largest absolute Gasteiger partial charge is 0.481 e. The van der Waals surface area contributed by atoms with Crippen LogP contribution in [0.5, 0.6) is 0 Å². The zero-order valence-corrected chi connectivity index (χ0v) is 9.77. The van der Waals surface area contributed by atoms with Crippen LogP contribution >= 0.6 is 0 Å². The highest BCUT2D eigenvalue weighted by molar-refractivity contribution is 5.75. The molecule has 1 aliphatic rings. The highest BCUT2D eigenvalue weighted by Crippen LogP contribution is 2.14. The van der Waals surface area contributed by atoms with E-state index in [9.17, 15) is 9.59 Å². The molecular weight excluding hydrogens is 210 g/mol. The number of aliphatic carboxylic acids is 1. The summed E-state index contributed by atoms with van der Waals surface area (Å²) >= 11 is 0. The lowest BCUT2D eigenvalue weighted by Gasteiger charge is -2.29. The van der Waals surface area contributed by atoms with Gasteiger partial charge in [0.05, 0.1) is 5.92 Å². The number of rotatable bonds is 1. The Morgan fingerprint density at radius 3 is 2.56 bits per heavy atom. The summed E-state index contributed by atoms with van der Waals surface area (Å²) in [6.45, 7) is 5.90. The minimum atomic E-state index is -0.926. The molecule has 0 aromatic carbocycles. The van der Waals surface area contributed by atoms with Gasteiger partial charge in [-0.2, -0.15) is 0 Å². The molecule has 1 heterocycles. The summed E-state index contributed by atoms with van der Waals surface area (Å²) in [5.74, 6) is -1.56. The van der Waals surface area contributed by atoms with E-state index in [-0.39, 0.29) is 6.54 Å². The summed E-state index contributed by atoms with van der Waals surface area (Å²) in [5.41, 5.74) is -0.559. The summed E-state index contributed by atoms with van der Waals surface area (Å²) in [6.07, 6.45) is 2.80. The van der Waals surface area contributed by atoms with Gasteiger partial charge in [-0.05, 0) is 20.8 Å². The summed E-state index contributed by atoms with van der Waals surface area (Å²) in [4.78, 5) is 23.8. The molecule has 0 aromatic heterocycles. The van der Waals surface area contributed by atoms with E-state index in [4.69, 9.17) is 9.84 Å². The smallest absolute Gasteiger partial charge is 0.410 e. The van der Waals surface area contributed by atoms with Crippen molar-refractivity contribution in [2.75, 3.05) is 13.1 Å². The second-order valence-corrected chi connectivity index (χ2v) is 4.76. The molecule has 5 nitrogen and oxygen atoms in total. The number of carbonyl (C=O) groups excluding carboxylic acids is 1. The van der Waals surface area contributed by atoms with Gasteiger partial charge >= 0.3 is 12.1 Å². The van der Waals surface area contributed by atoms with Crippen molar-refractivity contribution in [1.29, 1.82) is 0 Å². The molecule has 0 spiro atoms. The van der Waals surface area contributed by atoms with Crippen molar-refractivity contribution < 1.29 is 19.4 Å². The highest BCUT2D eigenvalue weighted by Gasteiger charge is 2.27. The second-order valence-electron chi connectivity index (χ2n) is 4.76. The summed E-state index contributed by atoms with van der Waals surface area (Å²) < 4.78 is 5.17. The molecule has 16 heavy (non-hydrogen) atoms. The lowest BCUT2D eigenvalue weighted by Crippen LogP contribution is -2.42. The van der Waals surface area contributed by atoms with E-state index in [1.54, 1.807) is 32.9 Å². The number of carboxylic acid groups (broad SMARTS) is 1. The van der Waals surface area contributed by atoms with Gasteiger partial charge in [0.15, 0.2) is 0 Å². The monoisotopic (exact) mass is 227 g/mol. The number of hydrogen-bond acceptors (Lipinski definition) is 3. The van der Waals surface area contributed by atoms with Gasteiger partial charge in [-0.15, -0.1) is 0 Å². The van der Waals surface area contributed by atoms with Gasteiger partial charge in [0.25, 0.3) is 0 Å². The van der Waals surface area contributed by atoms with Crippen LogP contribution in [0.25, 0.3) is 0 Å². The van der Waals surface area contributed by atoms with E-state index in [1.807, 2.05) is 0 Å². The maximum Gasteiger partial charge on any atom is 0.410 e. The highest BCUT2D eigenvalue weighted by atomic mass is 16.6. The van der Waals surface area contributed by atoms with E-state index in [2.05, 4.69) is 0 Å². The number of amides is 1. The Labute approximate surface area is 94.7 Å². The third kappa shape index (κ3) is 3.56. The average molecular weight is 227 g/mol. The summed E-state index contributed by atoms with van der Waals surface area (Å²) in [7, 11) is 0. The molecule has 1 unspecified atom stereocenters. The lowest BCUT2D eigenvalue weighted by molar-refractivity contribution is -0.140. The van der Waals surface area contributed by atoms with Gasteiger partial charge in [0, 0.05) is 13.1 Å².